The van der Waals surface area contributed by atoms with E-state index in [1.807, 2.05) is 107 Å². The minimum absolute atomic E-state index is 0.259. The Morgan fingerprint density at radius 2 is 1.66 bits per heavy atom. The molecule has 168 valence electrons. The first-order valence-corrected chi connectivity index (χ1v) is 12.0. The maximum atomic E-state index is 13.7. The van der Waals surface area contributed by atoms with E-state index >= 15 is 0 Å². The van der Waals surface area contributed by atoms with E-state index in [-0.39, 0.29) is 5.78 Å². The van der Waals surface area contributed by atoms with Crippen LogP contribution in [0.25, 0.3) is 38.2 Å². The van der Waals surface area contributed by atoms with Crippen molar-refractivity contribution in [1.29, 1.82) is 5.26 Å². The van der Waals surface area contributed by atoms with Gasteiger partial charge in [-0.2, -0.15) is 10.4 Å². The van der Waals surface area contributed by atoms with Crippen LogP contribution in [0, 0.1) is 11.3 Å². The van der Waals surface area contributed by atoms with Gasteiger partial charge < -0.3 is 4.57 Å². The molecule has 7 heteroatoms. The minimum Gasteiger partial charge on any atom is -0.330 e. The highest BCUT2D eigenvalue weighted by atomic mass is 32.1. The zero-order valence-electron chi connectivity index (χ0n) is 18.8. The van der Waals surface area contributed by atoms with Crippen LogP contribution in [0.2, 0.25) is 0 Å². The second-order valence-electron chi connectivity index (χ2n) is 8.24. The van der Waals surface area contributed by atoms with Gasteiger partial charge in [-0.15, -0.1) is 11.3 Å². The first-order chi connectivity index (χ1) is 17.2. The molecule has 3 aromatic heterocycles. The number of para-hydroxylation sites is 3. The summed E-state index contributed by atoms with van der Waals surface area (Å²) in [6.45, 7) is 0. The van der Waals surface area contributed by atoms with E-state index in [4.69, 9.17) is 5.10 Å². The van der Waals surface area contributed by atoms with E-state index < -0.39 is 5.92 Å². The Kier molecular flexibility index (Phi) is 5.02. The van der Waals surface area contributed by atoms with Gasteiger partial charge in [0.2, 0.25) is 0 Å². The number of benzene rings is 3. The van der Waals surface area contributed by atoms with Gasteiger partial charge in [0, 0.05) is 18.0 Å². The van der Waals surface area contributed by atoms with Crippen LogP contribution in [-0.2, 0) is 7.05 Å². The van der Waals surface area contributed by atoms with Crippen LogP contribution in [0.15, 0.2) is 91.0 Å². The molecule has 6 nitrogen and oxygen atoms in total. The highest BCUT2D eigenvalue weighted by molar-refractivity contribution is 7.20. The van der Waals surface area contributed by atoms with E-state index in [0.29, 0.717) is 10.7 Å². The summed E-state index contributed by atoms with van der Waals surface area (Å²) in [4.78, 5) is 19.7. The standard InChI is InChI=1S/C28H19N5OS/c1-32-23-15-9-8-14-22(23)30-27(32)21(17-29)26(34)24-16-20-25(18-10-4-2-5-11-18)31-33(28(20)35-24)19-12-6-3-7-13-19/h2-16,21H,1H3/t21-/m0/s1. The average Bonchev–Trinajstić information content (AvgIpc) is 3.58. The molecule has 6 rings (SSSR count). The van der Waals surface area contributed by atoms with Crippen LogP contribution in [0.5, 0.6) is 0 Å². The maximum absolute atomic E-state index is 13.7. The molecule has 3 aromatic carbocycles. The summed E-state index contributed by atoms with van der Waals surface area (Å²) in [5.41, 5.74) is 4.33. The molecule has 0 bridgehead atoms. The first kappa shape index (κ1) is 21.0. The molecular formula is C28H19N5OS. The number of hydrogen-bond acceptors (Lipinski definition) is 5. The number of nitriles is 1. The highest BCUT2D eigenvalue weighted by Crippen LogP contribution is 2.37. The summed E-state index contributed by atoms with van der Waals surface area (Å²) in [5.74, 6) is -0.816. The third kappa shape index (κ3) is 3.43. The summed E-state index contributed by atoms with van der Waals surface area (Å²) in [6, 6.07) is 31.5. The number of thiophene rings is 1. The van der Waals surface area contributed by atoms with Crippen LogP contribution in [0.3, 0.4) is 0 Å². The SMILES string of the molecule is Cn1c([C@@H](C#N)C(=O)c2cc3c(-c4ccccc4)nn(-c4ccccc4)c3s2)nc2ccccc21. The average molecular weight is 474 g/mol. The van der Waals surface area contributed by atoms with Crippen LogP contribution in [0.1, 0.15) is 21.4 Å². The maximum Gasteiger partial charge on any atom is 0.197 e. The summed E-state index contributed by atoms with van der Waals surface area (Å²) >= 11 is 1.36. The number of carbonyl (C=O) groups excluding carboxylic acids is 1. The van der Waals surface area contributed by atoms with Gasteiger partial charge in [0.15, 0.2) is 11.7 Å². The Morgan fingerprint density at radius 1 is 0.971 bits per heavy atom. The van der Waals surface area contributed by atoms with Crippen molar-refractivity contribution < 1.29 is 4.79 Å². The number of hydrogen-bond donors (Lipinski definition) is 0. The number of ketones is 1. The molecule has 6 aromatic rings. The second-order valence-corrected chi connectivity index (χ2v) is 9.27. The number of carbonyl (C=O) groups is 1. The number of nitrogens with zero attached hydrogens (tertiary/aromatic N) is 5. The van der Waals surface area contributed by atoms with Gasteiger partial charge in [0.1, 0.15) is 16.3 Å². The molecule has 0 spiro atoms. The van der Waals surface area contributed by atoms with Gasteiger partial charge in [-0.3, -0.25) is 4.79 Å². The molecule has 0 unspecified atom stereocenters. The number of Topliss-reactive ketones (excluding diaryl/α,β-unsaturated/α-hetero) is 1. The molecule has 0 aliphatic rings. The number of rotatable bonds is 5. The largest absolute Gasteiger partial charge is 0.330 e. The van der Waals surface area contributed by atoms with Gasteiger partial charge in [0.25, 0.3) is 0 Å². The van der Waals surface area contributed by atoms with Crippen molar-refractivity contribution in [3.63, 3.8) is 0 Å². The predicted molar refractivity (Wildman–Crippen MR) is 138 cm³/mol. The molecule has 1 atom stereocenters. The summed E-state index contributed by atoms with van der Waals surface area (Å²) in [5, 5.41) is 15.8. The van der Waals surface area contributed by atoms with Crippen molar-refractivity contribution in [3.8, 4) is 23.0 Å². The third-order valence-corrected chi connectivity index (χ3v) is 7.25. The van der Waals surface area contributed by atoms with Crippen LogP contribution >= 0.6 is 11.3 Å². The number of aromatic nitrogens is 4. The lowest BCUT2D eigenvalue weighted by Gasteiger charge is -2.07. The monoisotopic (exact) mass is 473 g/mol. The fourth-order valence-corrected chi connectivity index (χ4v) is 5.48. The van der Waals surface area contributed by atoms with E-state index in [9.17, 15) is 10.1 Å². The van der Waals surface area contributed by atoms with Gasteiger partial charge in [-0.05, 0) is 30.3 Å². The van der Waals surface area contributed by atoms with E-state index in [0.717, 1.165) is 38.2 Å². The third-order valence-electron chi connectivity index (χ3n) is 6.12. The summed E-state index contributed by atoms with van der Waals surface area (Å²) < 4.78 is 3.70. The Balaban J connectivity index is 1.50. The fourth-order valence-electron chi connectivity index (χ4n) is 4.38. The molecule has 3 heterocycles. The summed E-state index contributed by atoms with van der Waals surface area (Å²) in [6.07, 6.45) is 0. The molecule has 0 radical (unpaired) electrons. The molecule has 0 aliphatic heterocycles. The minimum atomic E-state index is -1.01. The molecule has 0 amide bonds. The Bertz CT molecular complexity index is 1670. The molecule has 0 fully saturated rings. The molecule has 0 aliphatic carbocycles. The van der Waals surface area contributed by atoms with Crippen molar-refractivity contribution in [2.24, 2.45) is 7.05 Å². The lowest BCUT2D eigenvalue weighted by Crippen LogP contribution is -2.14. The quantitative estimate of drug-likeness (QED) is 0.282. The normalized spacial score (nSPS) is 12.1. The fraction of sp³-hybridized carbons (Fsp3) is 0.0714. The lowest BCUT2D eigenvalue weighted by molar-refractivity contribution is 0.0979. The van der Waals surface area contributed by atoms with Gasteiger partial charge in [0.05, 0.1) is 27.7 Å². The van der Waals surface area contributed by atoms with E-state index in [1.165, 1.54) is 11.3 Å². The van der Waals surface area contributed by atoms with Crippen molar-refractivity contribution in [1.82, 2.24) is 19.3 Å². The van der Waals surface area contributed by atoms with Crippen LogP contribution in [-0.4, -0.2) is 25.1 Å². The summed E-state index contributed by atoms with van der Waals surface area (Å²) in [7, 11) is 1.84. The second kappa shape index (κ2) is 8.35. The van der Waals surface area contributed by atoms with Crippen molar-refractivity contribution in [3.05, 3.63) is 102 Å². The number of aryl methyl sites for hydroxylation is 1. The van der Waals surface area contributed by atoms with Crippen LogP contribution in [0.4, 0.5) is 0 Å². The topological polar surface area (TPSA) is 76.5 Å². The molecular weight excluding hydrogens is 454 g/mol. The van der Waals surface area contributed by atoms with Gasteiger partial charge >= 0.3 is 0 Å². The molecule has 0 N–H and O–H groups in total. The number of imidazole rings is 1. The van der Waals surface area contributed by atoms with Crippen molar-refractivity contribution >= 4 is 38.4 Å². The van der Waals surface area contributed by atoms with Crippen molar-refractivity contribution in [2.75, 3.05) is 0 Å². The lowest BCUT2D eigenvalue weighted by atomic mass is 10.0. The molecule has 35 heavy (non-hydrogen) atoms. The van der Waals surface area contributed by atoms with Crippen LogP contribution < -0.4 is 0 Å². The number of fused-ring (bicyclic) bond motifs is 2. The van der Waals surface area contributed by atoms with Gasteiger partial charge in [-0.1, -0.05) is 60.7 Å². The zero-order valence-corrected chi connectivity index (χ0v) is 19.6. The van der Waals surface area contributed by atoms with E-state index in [1.54, 1.807) is 0 Å². The Hall–Kier alpha value is -4.54. The zero-order chi connectivity index (χ0) is 23.9. The smallest absolute Gasteiger partial charge is 0.197 e. The molecule has 0 saturated heterocycles. The Labute approximate surface area is 205 Å². The highest BCUT2D eigenvalue weighted by Gasteiger charge is 2.29. The van der Waals surface area contributed by atoms with E-state index in [2.05, 4.69) is 11.1 Å². The first-order valence-electron chi connectivity index (χ1n) is 11.1. The predicted octanol–water partition coefficient (Wildman–Crippen LogP) is 6.13. The molecule has 0 saturated carbocycles. The van der Waals surface area contributed by atoms with Crippen molar-refractivity contribution in [2.45, 2.75) is 5.92 Å². The Morgan fingerprint density at radius 3 is 2.37 bits per heavy atom. The van der Waals surface area contributed by atoms with Gasteiger partial charge in [-0.25, -0.2) is 9.67 Å².